The van der Waals surface area contributed by atoms with E-state index in [1.54, 1.807) is 0 Å². The molecule has 1 atom stereocenters. The topological polar surface area (TPSA) is 52.6 Å². The minimum absolute atomic E-state index is 0.662. The van der Waals surface area contributed by atoms with Crippen LogP contribution in [-0.2, 0) is 4.79 Å². The number of hydrogen-bond donors (Lipinski definition) is 2. The van der Waals surface area contributed by atoms with Crippen molar-refractivity contribution in [2.24, 2.45) is 0 Å². The Hall–Kier alpha value is -0.610. The van der Waals surface area contributed by atoms with E-state index < -0.39 is 11.5 Å². The van der Waals surface area contributed by atoms with Crippen LogP contribution in [0.4, 0.5) is 0 Å². The highest BCUT2D eigenvalue weighted by atomic mass is 16.4. The predicted molar refractivity (Wildman–Crippen MR) is 78.5 cm³/mol. The molecule has 1 saturated heterocycles. The number of unbranched alkanes of at least 4 members (excludes halogenated alkanes) is 4. The maximum absolute atomic E-state index is 11.7. The molecule has 2 N–H and O–H groups in total. The summed E-state index contributed by atoms with van der Waals surface area (Å²) in [5.41, 5.74) is -0.682. The fraction of sp³-hybridized carbons (Fsp3) is 0.933. The van der Waals surface area contributed by atoms with E-state index in [2.05, 4.69) is 17.1 Å². The molecule has 0 spiro atoms. The number of hydrogen-bond acceptors (Lipinski definition) is 3. The van der Waals surface area contributed by atoms with Crippen molar-refractivity contribution in [3.63, 3.8) is 0 Å². The number of aliphatic carboxylic acids is 1. The van der Waals surface area contributed by atoms with Crippen LogP contribution in [0.15, 0.2) is 0 Å². The summed E-state index contributed by atoms with van der Waals surface area (Å²) in [6.45, 7) is 7.75. The van der Waals surface area contributed by atoms with Crippen molar-refractivity contribution in [1.29, 1.82) is 0 Å². The van der Waals surface area contributed by atoms with E-state index in [1.807, 2.05) is 6.92 Å². The van der Waals surface area contributed by atoms with Gasteiger partial charge in [-0.15, -0.1) is 0 Å². The molecule has 0 amide bonds. The molecule has 4 nitrogen and oxygen atoms in total. The van der Waals surface area contributed by atoms with E-state index >= 15 is 0 Å². The number of carboxylic acid groups (broad SMARTS) is 1. The van der Waals surface area contributed by atoms with Gasteiger partial charge in [-0.1, -0.05) is 39.0 Å². The monoisotopic (exact) mass is 270 g/mol. The van der Waals surface area contributed by atoms with Gasteiger partial charge in [0.1, 0.15) is 5.54 Å². The highest BCUT2D eigenvalue weighted by molar-refractivity contribution is 5.78. The Morgan fingerprint density at radius 2 is 1.95 bits per heavy atom. The molecule has 0 bridgehead atoms. The standard InChI is InChI=1S/C15H30N2O2/c1-3-4-5-6-7-9-15(2,14(18)19)17-12-8-10-16-11-13-17/h16H,3-13H2,1-2H3,(H,18,19). The van der Waals surface area contributed by atoms with Gasteiger partial charge in [0.25, 0.3) is 0 Å². The van der Waals surface area contributed by atoms with Crippen LogP contribution in [0.3, 0.4) is 0 Å². The third kappa shape index (κ3) is 5.11. The summed E-state index contributed by atoms with van der Waals surface area (Å²) in [6, 6.07) is 0. The Kier molecular flexibility index (Phi) is 7.39. The molecule has 1 rings (SSSR count). The largest absolute Gasteiger partial charge is 0.480 e. The van der Waals surface area contributed by atoms with Gasteiger partial charge in [-0.05, 0) is 26.3 Å². The van der Waals surface area contributed by atoms with Crippen LogP contribution in [0.5, 0.6) is 0 Å². The highest BCUT2D eigenvalue weighted by Gasteiger charge is 2.38. The van der Waals surface area contributed by atoms with Gasteiger partial charge in [-0.3, -0.25) is 9.69 Å². The lowest BCUT2D eigenvalue weighted by atomic mass is 9.91. The Morgan fingerprint density at radius 1 is 1.21 bits per heavy atom. The lowest BCUT2D eigenvalue weighted by Gasteiger charge is -2.37. The SMILES string of the molecule is CCCCCCCC(C)(C(=O)O)N1CCCNCC1. The Labute approximate surface area is 117 Å². The number of carboxylic acids is 1. The summed E-state index contributed by atoms with van der Waals surface area (Å²) in [6.07, 6.45) is 7.71. The van der Waals surface area contributed by atoms with Crippen LogP contribution < -0.4 is 5.32 Å². The first-order valence-electron chi connectivity index (χ1n) is 7.80. The zero-order valence-corrected chi connectivity index (χ0v) is 12.6. The quantitative estimate of drug-likeness (QED) is 0.665. The molecule has 0 radical (unpaired) electrons. The van der Waals surface area contributed by atoms with Gasteiger partial charge < -0.3 is 10.4 Å². The first kappa shape index (κ1) is 16.4. The van der Waals surface area contributed by atoms with E-state index in [1.165, 1.54) is 19.3 Å². The molecule has 1 aliphatic heterocycles. The lowest BCUT2D eigenvalue weighted by Crippen LogP contribution is -2.53. The average Bonchev–Trinajstić information content (AvgIpc) is 2.67. The van der Waals surface area contributed by atoms with Gasteiger partial charge in [0.2, 0.25) is 0 Å². The summed E-state index contributed by atoms with van der Waals surface area (Å²) in [5.74, 6) is -0.662. The fourth-order valence-corrected chi connectivity index (χ4v) is 2.81. The predicted octanol–water partition coefficient (Wildman–Crippen LogP) is 2.49. The van der Waals surface area contributed by atoms with Gasteiger partial charge in [0.15, 0.2) is 0 Å². The Balaban J connectivity index is 2.49. The van der Waals surface area contributed by atoms with Gasteiger partial charge >= 0.3 is 5.97 Å². The van der Waals surface area contributed by atoms with Gasteiger partial charge in [0.05, 0.1) is 0 Å². The maximum atomic E-state index is 11.7. The molecule has 112 valence electrons. The number of nitrogens with zero attached hydrogens (tertiary/aromatic N) is 1. The van der Waals surface area contributed by atoms with E-state index in [-0.39, 0.29) is 0 Å². The van der Waals surface area contributed by atoms with E-state index in [4.69, 9.17) is 0 Å². The second-order valence-electron chi connectivity index (χ2n) is 5.83. The van der Waals surface area contributed by atoms with Crippen molar-refractivity contribution in [1.82, 2.24) is 10.2 Å². The molecular weight excluding hydrogens is 240 g/mol. The number of rotatable bonds is 8. The van der Waals surface area contributed by atoms with Crippen LogP contribution >= 0.6 is 0 Å². The molecule has 1 heterocycles. The van der Waals surface area contributed by atoms with Crippen LogP contribution in [-0.4, -0.2) is 47.7 Å². The molecule has 0 saturated carbocycles. The zero-order chi connectivity index (χ0) is 14.1. The highest BCUT2D eigenvalue weighted by Crippen LogP contribution is 2.24. The molecule has 0 aromatic carbocycles. The number of carbonyl (C=O) groups is 1. The van der Waals surface area contributed by atoms with Crippen molar-refractivity contribution >= 4 is 5.97 Å². The van der Waals surface area contributed by atoms with Crippen LogP contribution in [0, 0.1) is 0 Å². The van der Waals surface area contributed by atoms with Crippen molar-refractivity contribution in [2.75, 3.05) is 26.2 Å². The van der Waals surface area contributed by atoms with Crippen molar-refractivity contribution in [3.8, 4) is 0 Å². The zero-order valence-electron chi connectivity index (χ0n) is 12.6. The maximum Gasteiger partial charge on any atom is 0.323 e. The fourth-order valence-electron chi connectivity index (χ4n) is 2.81. The van der Waals surface area contributed by atoms with Crippen LogP contribution in [0.2, 0.25) is 0 Å². The van der Waals surface area contributed by atoms with E-state index in [0.29, 0.717) is 0 Å². The van der Waals surface area contributed by atoms with E-state index in [0.717, 1.165) is 51.9 Å². The smallest absolute Gasteiger partial charge is 0.323 e. The third-order valence-corrected chi connectivity index (χ3v) is 4.27. The van der Waals surface area contributed by atoms with Crippen molar-refractivity contribution in [3.05, 3.63) is 0 Å². The summed E-state index contributed by atoms with van der Waals surface area (Å²) in [4.78, 5) is 13.9. The number of nitrogens with one attached hydrogen (secondary N) is 1. The first-order chi connectivity index (χ1) is 9.11. The summed E-state index contributed by atoms with van der Waals surface area (Å²) in [5, 5.41) is 13.0. The van der Waals surface area contributed by atoms with Gasteiger partial charge in [0, 0.05) is 19.6 Å². The minimum atomic E-state index is -0.682. The summed E-state index contributed by atoms with van der Waals surface area (Å²) >= 11 is 0. The molecule has 1 unspecified atom stereocenters. The van der Waals surface area contributed by atoms with E-state index in [9.17, 15) is 9.90 Å². The van der Waals surface area contributed by atoms with Crippen LogP contribution in [0.25, 0.3) is 0 Å². The summed E-state index contributed by atoms with van der Waals surface area (Å²) in [7, 11) is 0. The van der Waals surface area contributed by atoms with Crippen LogP contribution in [0.1, 0.15) is 58.8 Å². The second-order valence-corrected chi connectivity index (χ2v) is 5.83. The van der Waals surface area contributed by atoms with Gasteiger partial charge in [-0.2, -0.15) is 0 Å². The van der Waals surface area contributed by atoms with Crippen molar-refractivity contribution in [2.45, 2.75) is 64.3 Å². The average molecular weight is 270 g/mol. The normalized spacial score (nSPS) is 20.7. The molecule has 0 aliphatic carbocycles. The van der Waals surface area contributed by atoms with Gasteiger partial charge in [-0.25, -0.2) is 0 Å². The molecule has 0 aromatic rings. The molecular formula is C15H30N2O2. The first-order valence-corrected chi connectivity index (χ1v) is 7.80. The molecule has 4 heteroatoms. The molecule has 1 aliphatic rings. The second kappa shape index (κ2) is 8.54. The Bertz CT molecular complexity index is 263. The molecule has 1 fully saturated rings. The third-order valence-electron chi connectivity index (χ3n) is 4.27. The lowest BCUT2D eigenvalue weighted by molar-refractivity contribution is -0.151. The minimum Gasteiger partial charge on any atom is -0.480 e. The Morgan fingerprint density at radius 3 is 2.63 bits per heavy atom. The molecule has 0 aromatic heterocycles. The summed E-state index contributed by atoms with van der Waals surface area (Å²) < 4.78 is 0. The van der Waals surface area contributed by atoms with Crippen molar-refractivity contribution < 1.29 is 9.90 Å². The molecule has 19 heavy (non-hydrogen) atoms.